The van der Waals surface area contributed by atoms with Gasteiger partial charge in [0.15, 0.2) is 11.5 Å². The van der Waals surface area contributed by atoms with Crippen LogP contribution in [0.25, 0.3) is 0 Å². The minimum absolute atomic E-state index is 0.100. The van der Waals surface area contributed by atoms with Gasteiger partial charge < -0.3 is 19.7 Å². The van der Waals surface area contributed by atoms with Crippen LogP contribution < -0.4 is 14.8 Å². The van der Waals surface area contributed by atoms with E-state index in [1.807, 2.05) is 29.3 Å². The number of benzene rings is 1. The van der Waals surface area contributed by atoms with Crippen LogP contribution in [0.4, 0.5) is 0 Å². The first kappa shape index (κ1) is 19.6. The van der Waals surface area contributed by atoms with E-state index < -0.39 is 0 Å². The Hall–Kier alpha value is -2.67. The van der Waals surface area contributed by atoms with Gasteiger partial charge in [-0.25, -0.2) is 9.97 Å². The number of amides is 1. The van der Waals surface area contributed by atoms with Crippen molar-refractivity contribution in [3.05, 3.63) is 47.0 Å². The van der Waals surface area contributed by atoms with E-state index >= 15 is 0 Å². The summed E-state index contributed by atoms with van der Waals surface area (Å²) in [6.07, 6.45) is 5.35. The molecule has 0 aliphatic carbocycles. The lowest BCUT2D eigenvalue weighted by atomic mass is 9.98. The molecule has 4 rings (SSSR count). The molecule has 0 unspecified atom stereocenters. The lowest BCUT2D eigenvalue weighted by molar-refractivity contribution is -0.131. The number of methoxy groups -OCH3 is 2. The van der Waals surface area contributed by atoms with E-state index in [1.54, 1.807) is 14.2 Å². The molecule has 3 heterocycles. The molecular formula is C22H28N4O3. The number of nitrogens with zero attached hydrogens (tertiary/aromatic N) is 3. The van der Waals surface area contributed by atoms with Crippen LogP contribution >= 0.6 is 0 Å². The second-order valence-corrected chi connectivity index (χ2v) is 7.67. The average molecular weight is 396 g/mol. The third-order valence-corrected chi connectivity index (χ3v) is 5.77. The molecule has 1 amide bonds. The third-order valence-electron chi connectivity index (χ3n) is 5.77. The normalized spacial score (nSPS) is 18.8. The maximum absolute atomic E-state index is 12.9. The van der Waals surface area contributed by atoms with Crippen LogP contribution in [0.15, 0.2) is 24.4 Å². The molecule has 29 heavy (non-hydrogen) atoms. The number of hydrogen-bond acceptors (Lipinski definition) is 6. The van der Waals surface area contributed by atoms with Crippen LogP contribution in [-0.2, 0) is 24.2 Å². The number of ether oxygens (including phenoxy) is 2. The maximum Gasteiger partial charge on any atom is 0.227 e. The highest BCUT2D eigenvalue weighted by Gasteiger charge is 2.25. The predicted octanol–water partition coefficient (Wildman–Crippen LogP) is 2.09. The number of aromatic nitrogens is 2. The Morgan fingerprint density at radius 3 is 2.90 bits per heavy atom. The first-order valence-corrected chi connectivity index (χ1v) is 10.2. The zero-order chi connectivity index (χ0) is 20.2. The predicted molar refractivity (Wildman–Crippen MR) is 109 cm³/mol. The van der Waals surface area contributed by atoms with Gasteiger partial charge in [-0.3, -0.25) is 4.79 Å². The summed E-state index contributed by atoms with van der Waals surface area (Å²) in [5.41, 5.74) is 3.06. The van der Waals surface area contributed by atoms with Gasteiger partial charge >= 0.3 is 0 Å². The minimum Gasteiger partial charge on any atom is -0.493 e. The molecule has 0 bridgehead atoms. The number of carbonyl (C=O) groups excluding carboxylic acids is 1. The molecule has 1 atom stereocenters. The Bertz CT molecular complexity index is 880. The van der Waals surface area contributed by atoms with Crippen LogP contribution in [0.2, 0.25) is 0 Å². The molecule has 1 N–H and O–H groups in total. The van der Waals surface area contributed by atoms with Crippen LogP contribution in [0.1, 0.15) is 41.4 Å². The molecule has 1 saturated heterocycles. The van der Waals surface area contributed by atoms with Gasteiger partial charge in [0.25, 0.3) is 0 Å². The Morgan fingerprint density at radius 1 is 1.28 bits per heavy atom. The molecular weight excluding hydrogens is 368 g/mol. The molecule has 2 aromatic rings. The molecule has 2 aliphatic heterocycles. The molecule has 1 aromatic heterocycles. The summed E-state index contributed by atoms with van der Waals surface area (Å²) >= 11 is 0. The Balaban J connectivity index is 1.42. The Labute approximate surface area is 171 Å². The van der Waals surface area contributed by atoms with Crippen molar-refractivity contribution >= 4 is 5.91 Å². The van der Waals surface area contributed by atoms with Crippen LogP contribution in [-0.4, -0.2) is 54.6 Å². The first-order valence-electron chi connectivity index (χ1n) is 10.2. The fourth-order valence-electron chi connectivity index (χ4n) is 4.09. The highest BCUT2D eigenvalue weighted by molar-refractivity contribution is 5.79. The molecule has 1 fully saturated rings. The van der Waals surface area contributed by atoms with Gasteiger partial charge in [-0.1, -0.05) is 6.07 Å². The minimum atomic E-state index is 0.100. The topological polar surface area (TPSA) is 76.6 Å². The number of fused-ring (bicyclic) bond motifs is 1. The molecule has 1 aromatic carbocycles. The summed E-state index contributed by atoms with van der Waals surface area (Å²) in [5, 5.41) is 3.42. The van der Waals surface area contributed by atoms with Crippen molar-refractivity contribution in [1.82, 2.24) is 20.2 Å². The number of piperidine rings is 1. The molecule has 7 heteroatoms. The number of rotatable bonds is 5. The van der Waals surface area contributed by atoms with Crippen molar-refractivity contribution in [2.24, 2.45) is 0 Å². The van der Waals surface area contributed by atoms with Crippen molar-refractivity contribution in [3.8, 4) is 11.5 Å². The molecule has 0 spiro atoms. The van der Waals surface area contributed by atoms with Crippen LogP contribution in [0.5, 0.6) is 11.5 Å². The zero-order valence-electron chi connectivity index (χ0n) is 17.1. The molecule has 154 valence electrons. The fraction of sp³-hybridized carbons (Fsp3) is 0.500. The summed E-state index contributed by atoms with van der Waals surface area (Å²) in [4.78, 5) is 24.2. The summed E-state index contributed by atoms with van der Waals surface area (Å²) in [5.74, 6) is 2.75. The molecule has 2 aliphatic rings. The second kappa shape index (κ2) is 8.78. The quantitative estimate of drug-likeness (QED) is 0.834. The molecule has 7 nitrogen and oxygen atoms in total. The summed E-state index contributed by atoms with van der Waals surface area (Å²) in [6, 6.07) is 5.61. The van der Waals surface area contributed by atoms with Crippen molar-refractivity contribution < 1.29 is 14.3 Å². The number of hydrogen-bond donors (Lipinski definition) is 1. The van der Waals surface area contributed by atoms with E-state index in [-0.39, 0.29) is 5.91 Å². The lowest BCUT2D eigenvalue weighted by Gasteiger charge is -2.29. The SMILES string of the molecule is COc1ccc(CC(=O)N2CCc3nc([C@H]4CCCNC4)ncc3C2)cc1OC. The summed E-state index contributed by atoms with van der Waals surface area (Å²) < 4.78 is 10.6. The largest absolute Gasteiger partial charge is 0.493 e. The lowest BCUT2D eigenvalue weighted by Crippen LogP contribution is -2.38. The molecule has 0 radical (unpaired) electrons. The van der Waals surface area contributed by atoms with Gasteiger partial charge in [-0.05, 0) is 37.1 Å². The molecule has 0 saturated carbocycles. The van der Waals surface area contributed by atoms with Crippen molar-refractivity contribution in [2.75, 3.05) is 33.9 Å². The van der Waals surface area contributed by atoms with E-state index in [4.69, 9.17) is 14.5 Å². The van der Waals surface area contributed by atoms with Gasteiger partial charge in [0.1, 0.15) is 5.82 Å². The Kier molecular flexibility index (Phi) is 5.94. The second-order valence-electron chi connectivity index (χ2n) is 7.67. The van der Waals surface area contributed by atoms with E-state index in [9.17, 15) is 4.79 Å². The highest BCUT2D eigenvalue weighted by Crippen LogP contribution is 2.28. The zero-order valence-corrected chi connectivity index (χ0v) is 17.1. The van der Waals surface area contributed by atoms with E-state index in [2.05, 4.69) is 10.3 Å². The van der Waals surface area contributed by atoms with Gasteiger partial charge in [0.2, 0.25) is 5.91 Å². The smallest absolute Gasteiger partial charge is 0.227 e. The van der Waals surface area contributed by atoms with Gasteiger partial charge in [-0.2, -0.15) is 0 Å². The van der Waals surface area contributed by atoms with Crippen molar-refractivity contribution in [1.29, 1.82) is 0 Å². The maximum atomic E-state index is 12.9. The highest BCUT2D eigenvalue weighted by atomic mass is 16.5. The standard InChI is InChI=1S/C22H28N4O3/c1-28-19-6-5-15(10-20(19)29-2)11-21(27)26-9-7-18-17(14-26)13-24-22(25-18)16-4-3-8-23-12-16/h5-6,10,13,16,23H,3-4,7-9,11-12,14H2,1-2H3/t16-/m0/s1. The number of nitrogens with one attached hydrogen (secondary N) is 1. The summed E-state index contributed by atoms with van der Waals surface area (Å²) in [7, 11) is 3.20. The van der Waals surface area contributed by atoms with E-state index in [0.717, 1.165) is 48.6 Å². The third kappa shape index (κ3) is 4.34. The fourth-order valence-corrected chi connectivity index (χ4v) is 4.09. The first-order chi connectivity index (χ1) is 14.2. The van der Waals surface area contributed by atoms with Crippen LogP contribution in [0, 0.1) is 0 Å². The van der Waals surface area contributed by atoms with Gasteiger partial charge in [0.05, 0.1) is 26.3 Å². The monoisotopic (exact) mass is 396 g/mol. The number of carbonyl (C=O) groups is 1. The van der Waals surface area contributed by atoms with Crippen molar-refractivity contribution in [3.63, 3.8) is 0 Å². The van der Waals surface area contributed by atoms with E-state index in [0.29, 0.717) is 36.9 Å². The van der Waals surface area contributed by atoms with Gasteiger partial charge in [-0.15, -0.1) is 0 Å². The van der Waals surface area contributed by atoms with Crippen LogP contribution in [0.3, 0.4) is 0 Å². The Morgan fingerprint density at radius 2 is 2.14 bits per heavy atom. The van der Waals surface area contributed by atoms with Crippen molar-refractivity contribution in [2.45, 2.75) is 38.1 Å². The summed E-state index contributed by atoms with van der Waals surface area (Å²) in [6.45, 7) is 3.30. The van der Waals surface area contributed by atoms with E-state index in [1.165, 1.54) is 6.42 Å². The average Bonchev–Trinajstić information content (AvgIpc) is 2.78. The van der Waals surface area contributed by atoms with Gasteiger partial charge in [0, 0.05) is 43.7 Å².